The minimum absolute atomic E-state index is 0.470. The van der Waals surface area contributed by atoms with E-state index in [-0.39, 0.29) is 0 Å². The fraction of sp³-hybridized carbons (Fsp3) is 0.0714. The van der Waals surface area contributed by atoms with Gasteiger partial charge < -0.3 is 5.73 Å². The van der Waals surface area contributed by atoms with Gasteiger partial charge in [-0.3, -0.25) is 4.57 Å². The molecule has 3 rings (SSSR count). The van der Waals surface area contributed by atoms with Crippen LogP contribution in [0.5, 0.6) is 0 Å². The Hall–Kier alpha value is -2.00. The first-order chi connectivity index (χ1) is 8.65. The topological polar surface area (TPSA) is 43.8 Å². The van der Waals surface area contributed by atoms with Gasteiger partial charge in [-0.1, -0.05) is 23.7 Å². The van der Waals surface area contributed by atoms with Crippen molar-refractivity contribution in [2.45, 2.75) is 6.92 Å². The molecule has 3 aromatic rings. The molecule has 1 heterocycles. The third kappa shape index (κ3) is 1.73. The maximum Gasteiger partial charge on any atom is 0.205 e. The Labute approximate surface area is 110 Å². The van der Waals surface area contributed by atoms with Crippen LogP contribution in [0.4, 0.5) is 5.95 Å². The highest BCUT2D eigenvalue weighted by Gasteiger charge is 2.10. The Balaban J connectivity index is 2.34. The summed E-state index contributed by atoms with van der Waals surface area (Å²) in [6.45, 7) is 2.05. The second kappa shape index (κ2) is 4.03. The molecule has 4 heteroatoms. The van der Waals surface area contributed by atoms with Gasteiger partial charge in [-0.25, -0.2) is 4.98 Å². The summed E-state index contributed by atoms with van der Waals surface area (Å²) >= 11 is 6.02. The summed E-state index contributed by atoms with van der Waals surface area (Å²) in [6.07, 6.45) is 0. The predicted octanol–water partition coefficient (Wildman–Crippen LogP) is 3.57. The third-order valence-corrected chi connectivity index (χ3v) is 3.14. The molecule has 0 saturated heterocycles. The molecule has 0 unspecified atom stereocenters. The van der Waals surface area contributed by atoms with Crippen LogP contribution in [0.2, 0.25) is 5.02 Å². The summed E-state index contributed by atoms with van der Waals surface area (Å²) < 4.78 is 1.91. The standard InChI is InChI=1S/C14H12ClN3/c1-9-5-6-12-13(7-9)18(14(16)17-12)11-4-2-3-10(15)8-11/h2-8H,1H3,(H2,16,17). The first-order valence-corrected chi connectivity index (χ1v) is 6.03. The monoisotopic (exact) mass is 257 g/mol. The summed E-state index contributed by atoms with van der Waals surface area (Å²) in [7, 11) is 0. The van der Waals surface area contributed by atoms with Gasteiger partial charge >= 0.3 is 0 Å². The van der Waals surface area contributed by atoms with Gasteiger partial charge in [0.2, 0.25) is 5.95 Å². The van der Waals surface area contributed by atoms with E-state index >= 15 is 0 Å². The smallest absolute Gasteiger partial charge is 0.205 e. The molecule has 1 aromatic heterocycles. The van der Waals surface area contributed by atoms with Crippen molar-refractivity contribution < 1.29 is 0 Å². The minimum atomic E-state index is 0.470. The average Bonchev–Trinajstić information content (AvgIpc) is 2.64. The number of aromatic nitrogens is 2. The van der Waals surface area contributed by atoms with Crippen LogP contribution < -0.4 is 5.73 Å². The van der Waals surface area contributed by atoms with Crippen molar-refractivity contribution >= 4 is 28.6 Å². The van der Waals surface area contributed by atoms with Crippen molar-refractivity contribution in [3.05, 3.63) is 53.1 Å². The van der Waals surface area contributed by atoms with E-state index in [0.717, 1.165) is 16.7 Å². The van der Waals surface area contributed by atoms with Gasteiger partial charge in [-0.2, -0.15) is 0 Å². The normalized spacial score (nSPS) is 11.0. The van der Waals surface area contributed by atoms with E-state index in [4.69, 9.17) is 17.3 Å². The lowest BCUT2D eigenvalue weighted by atomic mass is 10.2. The van der Waals surface area contributed by atoms with Crippen LogP contribution in [0.3, 0.4) is 0 Å². The first-order valence-electron chi connectivity index (χ1n) is 5.66. The molecule has 0 bridgehead atoms. The highest BCUT2D eigenvalue weighted by Crippen LogP contribution is 2.25. The van der Waals surface area contributed by atoms with Crippen molar-refractivity contribution in [3.63, 3.8) is 0 Å². The number of aryl methyl sites for hydroxylation is 1. The number of benzene rings is 2. The SMILES string of the molecule is Cc1ccc2nc(N)n(-c3cccc(Cl)c3)c2c1. The lowest BCUT2D eigenvalue weighted by Gasteiger charge is -2.07. The molecule has 90 valence electrons. The molecule has 0 radical (unpaired) electrons. The van der Waals surface area contributed by atoms with Gasteiger partial charge in [-0.15, -0.1) is 0 Å². The fourth-order valence-corrected chi connectivity index (χ4v) is 2.28. The predicted molar refractivity (Wildman–Crippen MR) is 75.2 cm³/mol. The fourth-order valence-electron chi connectivity index (χ4n) is 2.09. The lowest BCUT2D eigenvalue weighted by molar-refractivity contribution is 1.11. The minimum Gasteiger partial charge on any atom is -0.369 e. The van der Waals surface area contributed by atoms with Gasteiger partial charge in [0.15, 0.2) is 0 Å². The van der Waals surface area contributed by atoms with Crippen LogP contribution >= 0.6 is 11.6 Å². The second-order valence-corrected chi connectivity index (χ2v) is 4.71. The molecule has 0 aliphatic carbocycles. The maximum absolute atomic E-state index is 6.02. The number of hydrogen-bond acceptors (Lipinski definition) is 2. The molecule has 3 nitrogen and oxygen atoms in total. The molecular formula is C14H12ClN3. The molecule has 0 fully saturated rings. The highest BCUT2D eigenvalue weighted by atomic mass is 35.5. The van der Waals surface area contributed by atoms with E-state index in [1.807, 2.05) is 47.9 Å². The number of halogens is 1. The highest BCUT2D eigenvalue weighted by molar-refractivity contribution is 6.30. The summed E-state index contributed by atoms with van der Waals surface area (Å²) in [5.74, 6) is 0.470. The quantitative estimate of drug-likeness (QED) is 0.724. The summed E-state index contributed by atoms with van der Waals surface area (Å²) in [5.41, 5.74) is 9.97. The number of nitrogens with two attached hydrogens (primary N) is 1. The Kier molecular flexibility index (Phi) is 2.49. The zero-order chi connectivity index (χ0) is 12.7. The lowest BCUT2D eigenvalue weighted by Crippen LogP contribution is -2.00. The van der Waals surface area contributed by atoms with Crippen molar-refractivity contribution in [1.82, 2.24) is 9.55 Å². The van der Waals surface area contributed by atoms with Crippen LogP contribution in [0, 0.1) is 6.92 Å². The van der Waals surface area contributed by atoms with E-state index < -0.39 is 0 Å². The molecule has 0 aliphatic rings. The molecular weight excluding hydrogens is 246 g/mol. The first kappa shape index (κ1) is 11.1. The van der Waals surface area contributed by atoms with Gasteiger partial charge in [0.25, 0.3) is 0 Å². The van der Waals surface area contributed by atoms with Crippen LogP contribution in [0.1, 0.15) is 5.56 Å². The van der Waals surface area contributed by atoms with Crippen molar-refractivity contribution in [1.29, 1.82) is 0 Å². The zero-order valence-corrected chi connectivity index (χ0v) is 10.6. The maximum atomic E-state index is 6.02. The number of hydrogen-bond donors (Lipinski definition) is 1. The van der Waals surface area contributed by atoms with E-state index in [2.05, 4.69) is 11.1 Å². The summed E-state index contributed by atoms with van der Waals surface area (Å²) in [4.78, 5) is 4.36. The number of imidazole rings is 1. The summed E-state index contributed by atoms with van der Waals surface area (Å²) in [5, 5.41) is 0.682. The van der Waals surface area contributed by atoms with Gasteiger partial charge in [0.1, 0.15) is 0 Å². The van der Waals surface area contributed by atoms with Gasteiger partial charge in [-0.05, 0) is 42.8 Å². The molecule has 0 spiro atoms. The molecule has 2 N–H and O–H groups in total. The van der Waals surface area contributed by atoms with Gasteiger partial charge in [0, 0.05) is 5.02 Å². The Morgan fingerprint density at radius 3 is 2.78 bits per heavy atom. The average molecular weight is 258 g/mol. The zero-order valence-electron chi connectivity index (χ0n) is 9.89. The van der Waals surface area contributed by atoms with Crippen LogP contribution in [-0.2, 0) is 0 Å². The summed E-state index contributed by atoms with van der Waals surface area (Å²) in [6, 6.07) is 13.6. The Morgan fingerprint density at radius 1 is 1.17 bits per heavy atom. The van der Waals surface area contributed by atoms with Crippen molar-refractivity contribution in [2.75, 3.05) is 5.73 Å². The Bertz CT molecular complexity index is 731. The van der Waals surface area contributed by atoms with Crippen LogP contribution in [0.15, 0.2) is 42.5 Å². The number of anilines is 1. The second-order valence-electron chi connectivity index (χ2n) is 4.28. The van der Waals surface area contributed by atoms with E-state index in [1.54, 1.807) is 0 Å². The molecule has 0 saturated carbocycles. The molecule has 0 aliphatic heterocycles. The van der Waals surface area contributed by atoms with E-state index in [1.165, 1.54) is 5.56 Å². The van der Waals surface area contributed by atoms with E-state index in [9.17, 15) is 0 Å². The number of rotatable bonds is 1. The van der Waals surface area contributed by atoms with Gasteiger partial charge in [0.05, 0.1) is 16.7 Å². The molecule has 0 atom stereocenters. The number of fused-ring (bicyclic) bond motifs is 1. The number of nitrogen functional groups attached to an aromatic ring is 1. The van der Waals surface area contributed by atoms with Crippen molar-refractivity contribution in [2.24, 2.45) is 0 Å². The van der Waals surface area contributed by atoms with E-state index in [0.29, 0.717) is 11.0 Å². The molecule has 2 aromatic carbocycles. The Morgan fingerprint density at radius 2 is 2.00 bits per heavy atom. The largest absolute Gasteiger partial charge is 0.369 e. The molecule has 18 heavy (non-hydrogen) atoms. The third-order valence-electron chi connectivity index (χ3n) is 2.90. The van der Waals surface area contributed by atoms with Crippen molar-refractivity contribution in [3.8, 4) is 5.69 Å². The van der Waals surface area contributed by atoms with Crippen LogP contribution in [-0.4, -0.2) is 9.55 Å². The molecule has 0 amide bonds. The van der Waals surface area contributed by atoms with Crippen LogP contribution in [0.25, 0.3) is 16.7 Å². The number of nitrogens with zero attached hydrogens (tertiary/aromatic N) is 2.